The molecule has 0 saturated heterocycles. The molecule has 2 aliphatic carbocycles. The molecule has 0 bridgehead atoms. The van der Waals surface area contributed by atoms with Gasteiger partial charge in [0.15, 0.2) is 0 Å². The first-order valence-electron chi connectivity index (χ1n) is 12.8. The van der Waals surface area contributed by atoms with Crippen LogP contribution in [0.1, 0.15) is 49.7 Å². The molecule has 1 aromatic heterocycles. The van der Waals surface area contributed by atoms with Gasteiger partial charge in [0.05, 0.1) is 11.1 Å². The number of fused-ring (bicyclic) bond motifs is 1. The molecule has 0 atom stereocenters. The zero-order chi connectivity index (χ0) is 24.6. The van der Waals surface area contributed by atoms with Crippen LogP contribution in [0.25, 0.3) is 10.8 Å². The van der Waals surface area contributed by atoms with Gasteiger partial charge in [0.2, 0.25) is 5.88 Å². The second kappa shape index (κ2) is 9.42. The highest BCUT2D eigenvalue weighted by molar-refractivity contribution is 6.33. The Balaban J connectivity index is 1.18. The zero-order valence-corrected chi connectivity index (χ0v) is 21.1. The van der Waals surface area contributed by atoms with Crippen LogP contribution in [0, 0.1) is 0 Å². The predicted molar refractivity (Wildman–Crippen MR) is 145 cm³/mol. The number of nitrogens with two attached hydrogens (primary N) is 1. The molecule has 0 unspecified atom stereocenters. The fourth-order valence-electron chi connectivity index (χ4n) is 5.90. The van der Waals surface area contributed by atoms with Crippen LogP contribution in [0.15, 0.2) is 85.1 Å². The molecule has 1 heterocycles. The maximum absolute atomic E-state index is 6.87. The summed E-state index contributed by atoms with van der Waals surface area (Å²) in [5, 5.41) is 2.47. The largest absolute Gasteiger partial charge is 0.489 e. The van der Waals surface area contributed by atoms with Crippen molar-refractivity contribution in [3.8, 4) is 11.6 Å². The lowest BCUT2D eigenvalue weighted by Gasteiger charge is -2.45. The van der Waals surface area contributed by atoms with Gasteiger partial charge in [0, 0.05) is 22.5 Å². The van der Waals surface area contributed by atoms with Crippen LogP contribution in [0.2, 0.25) is 5.02 Å². The lowest BCUT2D eigenvalue weighted by atomic mass is 9.63. The topological polar surface area (TPSA) is 57.4 Å². The van der Waals surface area contributed by atoms with Crippen molar-refractivity contribution < 1.29 is 9.47 Å². The van der Waals surface area contributed by atoms with E-state index in [1.54, 1.807) is 6.20 Å². The fraction of sp³-hybridized carbons (Fsp3) is 0.323. The van der Waals surface area contributed by atoms with Gasteiger partial charge >= 0.3 is 0 Å². The van der Waals surface area contributed by atoms with Crippen molar-refractivity contribution >= 4 is 22.4 Å². The number of nitrogens with zero attached hydrogens (tertiary/aromatic N) is 1. The third-order valence-electron chi connectivity index (χ3n) is 8.15. The SMILES string of the molecule is NC1(C2(c3ccccc3)CCC(Oc3cc4ccnc(OCc5ccccc5)c4cc3Cl)CC2)CC1. The molecule has 0 radical (unpaired) electrons. The summed E-state index contributed by atoms with van der Waals surface area (Å²) >= 11 is 6.72. The van der Waals surface area contributed by atoms with E-state index in [1.165, 1.54) is 5.56 Å². The van der Waals surface area contributed by atoms with Crippen molar-refractivity contribution in [1.82, 2.24) is 4.98 Å². The number of halogens is 1. The van der Waals surface area contributed by atoms with E-state index in [0.717, 1.165) is 60.6 Å². The molecule has 3 aromatic carbocycles. The Hall–Kier alpha value is -3.08. The Morgan fingerprint density at radius 2 is 1.58 bits per heavy atom. The molecule has 6 rings (SSSR count). The van der Waals surface area contributed by atoms with E-state index in [1.807, 2.05) is 48.5 Å². The van der Waals surface area contributed by atoms with Crippen molar-refractivity contribution in [2.45, 2.75) is 62.2 Å². The minimum Gasteiger partial charge on any atom is -0.489 e. The molecule has 2 saturated carbocycles. The Kier molecular flexibility index (Phi) is 6.10. The van der Waals surface area contributed by atoms with Gasteiger partial charge < -0.3 is 15.2 Å². The Labute approximate surface area is 217 Å². The lowest BCUT2D eigenvalue weighted by molar-refractivity contribution is 0.0999. The summed E-state index contributed by atoms with van der Waals surface area (Å²) in [6, 6.07) is 26.8. The second-order valence-electron chi connectivity index (χ2n) is 10.3. The predicted octanol–water partition coefficient (Wildman–Crippen LogP) is 7.22. The Morgan fingerprint density at radius 1 is 0.889 bits per heavy atom. The van der Waals surface area contributed by atoms with Crippen LogP contribution in [-0.4, -0.2) is 16.6 Å². The van der Waals surface area contributed by atoms with Crippen molar-refractivity contribution in [1.29, 1.82) is 0 Å². The molecule has 0 amide bonds. The number of pyridine rings is 1. The minimum absolute atomic E-state index is 0.0396. The molecule has 4 aromatic rings. The Morgan fingerprint density at radius 3 is 2.28 bits per heavy atom. The average Bonchev–Trinajstić information content (AvgIpc) is 3.68. The van der Waals surface area contributed by atoms with Gasteiger partial charge in [-0.2, -0.15) is 0 Å². The van der Waals surface area contributed by atoms with Crippen molar-refractivity contribution in [3.05, 3.63) is 101 Å². The summed E-state index contributed by atoms with van der Waals surface area (Å²) in [6.07, 6.45) is 8.09. The molecular weight excluding hydrogens is 468 g/mol. The summed E-state index contributed by atoms with van der Waals surface area (Å²) < 4.78 is 12.5. The molecular formula is C31H31ClN2O2. The molecule has 184 valence electrons. The highest BCUT2D eigenvalue weighted by Gasteiger charge is 2.58. The van der Waals surface area contributed by atoms with Crippen molar-refractivity contribution in [3.63, 3.8) is 0 Å². The first-order chi connectivity index (χ1) is 17.6. The van der Waals surface area contributed by atoms with E-state index in [4.69, 9.17) is 26.8 Å². The molecule has 2 N–H and O–H groups in total. The summed E-state index contributed by atoms with van der Waals surface area (Å²) in [4.78, 5) is 4.45. The summed E-state index contributed by atoms with van der Waals surface area (Å²) in [7, 11) is 0. The number of ether oxygens (including phenoxy) is 2. The van der Waals surface area contributed by atoms with Crippen LogP contribution in [-0.2, 0) is 12.0 Å². The molecule has 4 nitrogen and oxygen atoms in total. The monoisotopic (exact) mass is 498 g/mol. The summed E-state index contributed by atoms with van der Waals surface area (Å²) in [5.41, 5.74) is 9.30. The first kappa shape index (κ1) is 23.3. The van der Waals surface area contributed by atoms with Gasteiger partial charge in [-0.3, -0.25) is 0 Å². The molecule has 0 spiro atoms. The van der Waals surface area contributed by atoms with Gasteiger partial charge in [-0.05, 0) is 73.2 Å². The van der Waals surface area contributed by atoms with Gasteiger partial charge in [-0.25, -0.2) is 4.98 Å². The van der Waals surface area contributed by atoms with Gasteiger partial charge in [-0.1, -0.05) is 72.3 Å². The molecule has 2 aliphatic rings. The van der Waals surface area contributed by atoms with Gasteiger partial charge in [0.1, 0.15) is 12.4 Å². The lowest BCUT2D eigenvalue weighted by Crippen LogP contribution is -2.51. The van der Waals surface area contributed by atoms with E-state index >= 15 is 0 Å². The van der Waals surface area contributed by atoms with Crippen LogP contribution >= 0.6 is 11.6 Å². The van der Waals surface area contributed by atoms with E-state index in [-0.39, 0.29) is 17.1 Å². The molecule has 2 fully saturated rings. The second-order valence-corrected chi connectivity index (χ2v) is 10.7. The number of benzene rings is 3. The molecule has 0 aliphatic heterocycles. The van der Waals surface area contributed by atoms with E-state index in [2.05, 4.69) is 35.3 Å². The van der Waals surface area contributed by atoms with Gasteiger partial charge in [0.25, 0.3) is 0 Å². The normalized spacial score (nSPS) is 22.8. The van der Waals surface area contributed by atoms with Crippen LogP contribution in [0.3, 0.4) is 0 Å². The highest BCUT2D eigenvalue weighted by Crippen LogP contribution is 2.56. The fourth-order valence-corrected chi connectivity index (χ4v) is 6.11. The van der Waals surface area contributed by atoms with Crippen molar-refractivity contribution in [2.24, 2.45) is 5.73 Å². The smallest absolute Gasteiger partial charge is 0.221 e. The third kappa shape index (κ3) is 4.33. The number of hydrogen-bond donors (Lipinski definition) is 1. The number of aromatic nitrogens is 1. The average molecular weight is 499 g/mol. The van der Waals surface area contributed by atoms with E-state index in [9.17, 15) is 0 Å². The zero-order valence-electron chi connectivity index (χ0n) is 20.3. The maximum Gasteiger partial charge on any atom is 0.221 e. The highest BCUT2D eigenvalue weighted by atomic mass is 35.5. The quantitative estimate of drug-likeness (QED) is 0.292. The summed E-state index contributed by atoms with van der Waals surface area (Å²) in [6.45, 7) is 0.455. The number of rotatable bonds is 7. The van der Waals surface area contributed by atoms with Gasteiger partial charge in [-0.15, -0.1) is 0 Å². The molecule has 36 heavy (non-hydrogen) atoms. The summed E-state index contributed by atoms with van der Waals surface area (Å²) in [5.74, 6) is 1.29. The maximum atomic E-state index is 6.87. The molecule has 5 heteroatoms. The number of hydrogen-bond acceptors (Lipinski definition) is 4. The van der Waals surface area contributed by atoms with Crippen molar-refractivity contribution in [2.75, 3.05) is 0 Å². The van der Waals surface area contributed by atoms with Crippen LogP contribution in [0.5, 0.6) is 11.6 Å². The van der Waals surface area contributed by atoms with E-state index in [0.29, 0.717) is 17.5 Å². The van der Waals surface area contributed by atoms with Crippen LogP contribution in [0.4, 0.5) is 0 Å². The van der Waals surface area contributed by atoms with Crippen LogP contribution < -0.4 is 15.2 Å². The standard InChI is InChI=1S/C31H31ClN2O2/c32-27-20-26-23(13-18-34-29(26)35-21-22-7-3-1-4-8-22)19-28(27)36-25-11-14-30(15-12-25,31(33)16-17-31)24-9-5-2-6-10-24/h1-10,13,18-20,25H,11-12,14-17,21,33H2. The third-order valence-corrected chi connectivity index (χ3v) is 8.44. The van der Waals surface area contributed by atoms with E-state index < -0.39 is 0 Å². The minimum atomic E-state index is -0.0803. The Bertz CT molecular complexity index is 1350. The first-order valence-corrected chi connectivity index (χ1v) is 13.2.